The van der Waals surface area contributed by atoms with Gasteiger partial charge in [0.25, 0.3) is 5.91 Å². The van der Waals surface area contributed by atoms with Crippen molar-refractivity contribution in [2.75, 3.05) is 0 Å². The summed E-state index contributed by atoms with van der Waals surface area (Å²) < 4.78 is 1.85. The number of nitriles is 1. The first-order valence-corrected chi connectivity index (χ1v) is 12.4. The fourth-order valence-corrected chi connectivity index (χ4v) is 4.64. The van der Waals surface area contributed by atoms with Gasteiger partial charge in [0.1, 0.15) is 5.69 Å². The number of nitrogens with one attached hydrogen (secondary N) is 1. The molecule has 37 heavy (non-hydrogen) atoms. The van der Waals surface area contributed by atoms with Crippen molar-refractivity contribution in [1.82, 2.24) is 25.1 Å². The van der Waals surface area contributed by atoms with Crippen LogP contribution in [0.15, 0.2) is 67.1 Å². The molecule has 3 heterocycles. The monoisotopic (exact) mass is 486 g/mol. The SMILES string of the molecule is Cn1nc(-c2ccc(C(C)(C)C#N)cc2)c2c3cc(-c4cncc(C(=O)NC5CC5)c4)ccc3ncc21. The molecule has 0 bridgehead atoms. The van der Waals surface area contributed by atoms with Crippen LogP contribution in [0.5, 0.6) is 0 Å². The number of carbonyl (C=O) groups excluding carboxylic acids is 1. The Morgan fingerprint density at radius 2 is 1.78 bits per heavy atom. The second kappa shape index (κ2) is 8.52. The summed E-state index contributed by atoms with van der Waals surface area (Å²) in [5, 5.41) is 19.4. The van der Waals surface area contributed by atoms with E-state index < -0.39 is 5.41 Å². The summed E-state index contributed by atoms with van der Waals surface area (Å²) in [7, 11) is 1.92. The van der Waals surface area contributed by atoms with Crippen molar-refractivity contribution in [2.24, 2.45) is 7.05 Å². The average molecular weight is 487 g/mol. The van der Waals surface area contributed by atoms with Gasteiger partial charge in [-0.05, 0) is 56.0 Å². The van der Waals surface area contributed by atoms with Gasteiger partial charge in [0.2, 0.25) is 0 Å². The number of hydrogen-bond acceptors (Lipinski definition) is 5. The van der Waals surface area contributed by atoms with E-state index in [0.29, 0.717) is 11.6 Å². The van der Waals surface area contributed by atoms with E-state index in [1.54, 1.807) is 12.4 Å². The predicted molar refractivity (Wildman–Crippen MR) is 144 cm³/mol. The van der Waals surface area contributed by atoms with Crippen LogP contribution in [0.4, 0.5) is 0 Å². The maximum Gasteiger partial charge on any atom is 0.253 e. The molecule has 0 aliphatic heterocycles. The van der Waals surface area contributed by atoms with Gasteiger partial charge in [-0.3, -0.25) is 19.4 Å². The Hall–Kier alpha value is -4.57. The quantitative estimate of drug-likeness (QED) is 0.352. The van der Waals surface area contributed by atoms with E-state index >= 15 is 0 Å². The highest BCUT2D eigenvalue weighted by Crippen LogP contribution is 2.36. The molecule has 0 unspecified atom stereocenters. The van der Waals surface area contributed by atoms with Crippen molar-refractivity contribution in [1.29, 1.82) is 5.26 Å². The first-order valence-electron chi connectivity index (χ1n) is 12.4. The maximum absolute atomic E-state index is 12.6. The van der Waals surface area contributed by atoms with Crippen molar-refractivity contribution in [3.8, 4) is 28.5 Å². The lowest BCUT2D eigenvalue weighted by Crippen LogP contribution is -2.25. The van der Waals surface area contributed by atoms with E-state index in [1.807, 2.05) is 74.2 Å². The van der Waals surface area contributed by atoms with Crippen LogP contribution < -0.4 is 5.32 Å². The third kappa shape index (κ3) is 4.11. The fourth-order valence-electron chi connectivity index (χ4n) is 4.64. The van der Waals surface area contributed by atoms with Gasteiger partial charge in [0.05, 0.1) is 34.3 Å². The van der Waals surface area contributed by atoms with Crippen LogP contribution in [0.2, 0.25) is 0 Å². The van der Waals surface area contributed by atoms with Gasteiger partial charge in [-0.25, -0.2) is 0 Å². The largest absolute Gasteiger partial charge is 0.349 e. The second-order valence-electron chi connectivity index (χ2n) is 10.2. The standard InChI is InChI=1S/C30H26N6O/c1-30(2,17-31)22-7-4-18(5-8-22)28-27-24-13-19(6-11-25(24)33-16-26(27)36(3)35-28)20-12-21(15-32-14-20)29(37)34-23-9-10-23/h4-8,11-16,23H,9-10H2,1-3H3,(H,34,37). The molecule has 6 rings (SSSR count). The topological polar surface area (TPSA) is 96.5 Å². The number of rotatable bonds is 5. The molecule has 1 fully saturated rings. The molecule has 7 nitrogen and oxygen atoms in total. The van der Waals surface area contributed by atoms with Crippen LogP contribution in [0.25, 0.3) is 44.2 Å². The van der Waals surface area contributed by atoms with Gasteiger partial charge < -0.3 is 5.32 Å². The zero-order valence-corrected chi connectivity index (χ0v) is 21.0. The summed E-state index contributed by atoms with van der Waals surface area (Å²) in [5.41, 5.74) is 6.41. The molecular weight excluding hydrogens is 460 g/mol. The van der Waals surface area contributed by atoms with Crippen LogP contribution in [0.1, 0.15) is 42.6 Å². The van der Waals surface area contributed by atoms with Crippen molar-refractivity contribution in [2.45, 2.75) is 38.1 Å². The van der Waals surface area contributed by atoms with Crippen LogP contribution in [0.3, 0.4) is 0 Å². The van der Waals surface area contributed by atoms with Crippen LogP contribution in [0, 0.1) is 11.3 Å². The summed E-state index contributed by atoms with van der Waals surface area (Å²) in [6, 6.07) is 18.7. The number of aryl methyl sites for hydroxylation is 1. The Morgan fingerprint density at radius 3 is 2.51 bits per heavy atom. The van der Waals surface area contributed by atoms with Crippen LogP contribution in [-0.2, 0) is 12.5 Å². The molecule has 1 aliphatic carbocycles. The molecule has 3 aromatic heterocycles. The van der Waals surface area contributed by atoms with Crippen LogP contribution in [-0.4, -0.2) is 31.7 Å². The maximum atomic E-state index is 12.6. The van der Waals surface area contributed by atoms with E-state index in [1.165, 1.54) is 0 Å². The fraction of sp³-hybridized carbons (Fsp3) is 0.233. The number of amides is 1. The van der Waals surface area contributed by atoms with Crippen molar-refractivity contribution in [3.63, 3.8) is 0 Å². The number of benzene rings is 2. The van der Waals surface area contributed by atoms with E-state index in [-0.39, 0.29) is 5.91 Å². The minimum atomic E-state index is -0.561. The smallest absolute Gasteiger partial charge is 0.253 e. The lowest BCUT2D eigenvalue weighted by atomic mass is 9.86. The van der Waals surface area contributed by atoms with E-state index in [0.717, 1.165) is 62.6 Å². The van der Waals surface area contributed by atoms with Crippen molar-refractivity contribution < 1.29 is 4.79 Å². The summed E-state index contributed by atoms with van der Waals surface area (Å²) in [6.07, 6.45) is 7.32. The number of aromatic nitrogens is 4. The summed E-state index contributed by atoms with van der Waals surface area (Å²) in [4.78, 5) is 21.6. The van der Waals surface area contributed by atoms with Crippen LogP contribution >= 0.6 is 0 Å². The van der Waals surface area contributed by atoms with Gasteiger partial charge in [0, 0.05) is 47.4 Å². The highest BCUT2D eigenvalue weighted by Gasteiger charge is 2.24. The Balaban J connectivity index is 1.47. The van der Waals surface area contributed by atoms with Gasteiger partial charge in [-0.1, -0.05) is 30.3 Å². The Kier molecular flexibility index (Phi) is 5.27. The average Bonchev–Trinajstić information content (AvgIpc) is 3.68. The Morgan fingerprint density at radius 1 is 1.03 bits per heavy atom. The molecule has 2 aromatic carbocycles. The minimum Gasteiger partial charge on any atom is -0.349 e. The molecule has 0 spiro atoms. The van der Waals surface area contributed by atoms with Gasteiger partial charge in [-0.2, -0.15) is 10.4 Å². The molecule has 0 radical (unpaired) electrons. The van der Waals surface area contributed by atoms with E-state index in [9.17, 15) is 10.1 Å². The molecular formula is C30H26N6O. The number of carbonyl (C=O) groups is 1. The Bertz CT molecular complexity index is 1720. The third-order valence-corrected chi connectivity index (χ3v) is 7.09. The van der Waals surface area contributed by atoms with Gasteiger partial charge in [0.15, 0.2) is 0 Å². The minimum absolute atomic E-state index is 0.0840. The molecule has 5 aromatic rings. The van der Waals surface area contributed by atoms with Crippen molar-refractivity contribution in [3.05, 3.63) is 78.2 Å². The van der Waals surface area contributed by atoms with Gasteiger partial charge >= 0.3 is 0 Å². The molecule has 0 atom stereocenters. The third-order valence-electron chi connectivity index (χ3n) is 7.09. The predicted octanol–water partition coefficient (Wildman–Crippen LogP) is 5.54. The highest BCUT2D eigenvalue weighted by molar-refractivity contribution is 6.12. The lowest BCUT2D eigenvalue weighted by molar-refractivity contribution is 0.0950. The number of hydrogen-bond donors (Lipinski definition) is 1. The molecule has 182 valence electrons. The first kappa shape index (κ1) is 22.9. The second-order valence-corrected chi connectivity index (χ2v) is 10.2. The highest BCUT2D eigenvalue weighted by atomic mass is 16.1. The zero-order valence-electron chi connectivity index (χ0n) is 21.0. The van der Waals surface area contributed by atoms with E-state index in [2.05, 4.69) is 27.4 Å². The summed E-state index contributed by atoms with van der Waals surface area (Å²) >= 11 is 0. The molecule has 1 amide bonds. The zero-order chi connectivity index (χ0) is 25.7. The molecule has 1 N–H and O–H groups in total. The molecule has 7 heteroatoms. The lowest BCUT2D eigenvalue weighted by Gasteiger charge is -2.15. The summed E-state index contributed by atoms with van der Waals surface area (Å²) in [6.45, 7) is 3.83. The normalized spacial score (nSPS) is 13.6. The van der Waals surface area contributed by atoms with E-state index in [4.69, 9.17) is 5.10 Å². The molecule has 1 aliphatic rings. The molecule has 1 saturated carbocycles. The van der Waals surface area contributed by atoms with Crippen molar-refractivity contribution >= 4 is 27.7 Å². The number of nitrogens with zero attached hydrogens (tertiary/aromatic N) is 5. The Labute approximate surface area is 214 Å². The summed E-state index contributed by atoms with van der Waals surface area (Å²) in [5.74, 6) is -0.0840. The number of pyridine rings is 2. The number of fused-ring (bicyclic) bond motifs is 3. The molecule has 0 saturated heterocycles. The first-order chi connectivity index (χ1) is 17.8. The van der Waals surface area contributed by atoms with Gasteiger partial charge in [-0.15, -0.1) is 0 Å².